The number of hydrogen-bond acceptors (Lipinski definition) is 6. The number of Topliss-reactive ketones (excluding diaryl/α,β-unsaturated/α-hetero) is 2. The lowest BCUT2D eigenvalue weighted by Gasteiger charge is -2.69. The minimum atomic E-state index is -4.51. The molecule has 0 aromatic carbocycles. The third-order valence-corrected chi connectivity index (χ3v) is 25.4. The van der Waals surface area contributed by atoms with Crippen molar-refractivity contribution in [2.75, 3.05) is 13.1 Å². The van der Waals surface area contributed by atoms with E-state index in [2.05, 4.69) is 89.6 Å². The number of carbonyl (C=O) groups excluding carboxylic acids is 6. The summed E-state index contributed by atoms with van der Waals surface area (Å²) in [5, 5.41) is 5.36. The lowest BCUT2D eigenvalue weighted by Crippen LogP contribution is -2.66. The predicted octanol–water partition coefficient (Wildman–Crippen LogP) is 14.6. The van der Waals surface area contributed by atoms with E-state index in [0.29, 0.717) is 38.6 Å². The Labute approximate surface area is 476 Å². The van der Waals surface area contributed by atoms with Crippen molar-refractivity contribution >= 4 is 34.9 Å². The van der Waals surface area contributed by atoms with Crippen LogP contribution in [0, 0.1) is 114 Å². The fraction of sp³-hybridized carbons (Fsp3) is 0.761. The summed E-state index contributed by atoms with van der Waals surface area (Å²) in [6.07, 6.45) is 13.4. The standard InChI is InChI=1S/C33H43F3N2O3.C33H46N2O3.CH4/c1-27(2)11-13-32(26(41)38-18-33(34,35)36)14-12-31(7)24(19(32)16-27)21(39)15-23-29(5)17-20(37-8)25(40)28(3,4)22(29)9-10-30(23,31)6;1-10-35-27(38)33-15-13-28(2,3)18-20(33)25-22(36)17-24-30(6)19-21(34-9)26(37)29(4,5)23(30)11-12-31(24,7)32(25,8)14-16-33;/h15,17,19,22,24H,9-14,16,18H2,1-7H3,(H,38,41);17,19-20,23,25H,10-16,18H2,1-8H3,(H,35,38);1H4/t19-,22-,24-,29-,30+,31+,32-;20-,23-,25-,30-,31+,32+,33-;/m00./s1. The molecule has 0 aromatic rings. The highest BCUT2D eigenvalue weighted by Crippen LogP contribution is 2.77. The predicted molar refractivity (Wildman–Crippen MR) is 304 cm³/mol. The van der Waals surface area contributed by atoms with Gasteiger partial charge in [0.25, 0.3) is 0 Å². The average Bonchev–Trinajstić information content (AvgIpc) is 1.58. The summed E-state index contributed by atoms with van der Waals surface area (Å²) < 4.78 is 39.4. The smallest absolute Gasteiger partial charge is 0.356 e. The number of nitrogens with zero attached hydrogens (tertiary/aromatic N) is 2. The highest BCUT2D eigenvalue weighted by molar-refractivity contribution is 6.04. The van der Waals surface area contributed by atoms with Gasteiger partial charge in [-0.25, -0.2) is 9.69 Å². The monoisotopic (exact) mass is 1110 g/mol. The van der Waals surface area contributed by atoms with Gasteiger partial charge in [-0.2, -0.15) is 13.2 Å². The molecule has 80 heavy (non-hydrogen) atoms. The van der Waals surface area contributed by atoms with Gasteiger partial charge < -0.3 is 20.2 Å². The van der Waals surface area contributed by atoms with Crippen LogP contribution in [0.25, 0.3) is 9.69 Å². The number of rotatable bonds is 4. The minimum Gasteiger partial charge on any atom is -0.356 e. The third kappa shape index (κ3) is 8.36. The Morgan fingerprint density at radius 3 is 1.25 bits per heavy atom. The quantitative estimate of drug-likeness (QED) is 0.269. The zero-order valence-electron chi connectivity index (χ0n) is 50.1. The summed E-state index contributed by atoms with van der Waals surface area (Å²) >= 11 is 0. The van der Waals surface area contributed by atoms with Crippen LogP contribution < -0.4 is 10.6 Å². The van der Waals surface area contributed by atoms with E-state index < -0.39 is 67.9 Å². The van der Waals surface area contributed by atoms with Crippen LogP contribution in [0.5, 0.6) is 0 Å². The Morgan fingerprint density at radius 1 is 0.562 bits per heavy atom. The maximum Gasteiger partial charge on any atom is 0.405 e. The molecule has 2 N–H and O–H groups in total. The fourth-order valence-corrected chi connectivity index (χ4v) is 20.7. The first-order valence-corrected chi connectivity index (χ1v) is 29.7. The number of carbonyl (C=O) groups is 6. The molecule has 0 aliphatic heterocycles. The molecule has 10 aliphatic rings. The second-order valence-electron chi connectivity index (χ2n) is 30.9. The van der Waals surface area contributed by atoms with E-state index in [0.717, 1.165) is 68.9 Å². The molecule has 0 aromatic heterocycles. The molecular formula is C67H93F3N4O6. The first-order chi connectivity index (χ1) is 36.2. The van der Waals surface area contributed by atoms with Crippen molar-refractivity contribution in [3.63, 3.8) is 0 Å². The van der Waals surface area contributed by atoms with Crippen LogP contribution in [0.3, 0.4) is 0 Å². The Hall–Kier alpha value is -4.65. The number of nitrogens with one attached hydrogen (secondary N) is 2. The normalized spacial score (nSPS) is 43.2. The molecule has 0 heterocycles. The van der Waals surface area contributed by atoms with Crippen molar-refractivity contribution in [2.24, 2.45) is 100 Å². The lowest BCUT2D eigenvalue weighted by atomic mass is 9.34. The van der Waals surface area contributed by atoms with Crippen molar-refractivity contribution in [2.45, 2.75) is 207 Å². The van der Waals surface area contributed by atoms with Crippen molar-refractivity contribution < 1.29 is 41.9 Å². The SMILES string of the molecule is C.[C-]#[N+]C1=C[C@]2(C)C3=CC(=O)[C@@H]4[C@@H]5CC(C)(C)CC[C@]5(C(=O)NCC(F)(F)F)CC[C@@]4(C)[C@]3(C)CC[C@H]2C(C)(C)C1=O.[C-]#[N+]C1=C[C@]2(C)C3=CC(=O)[C@@H]4[C@@H]5CC(C)(C)CC[C@]5(C(=O)NCC)CC[C@@]4(C)[C@]3(C)CC[C@H]2C(C)(C)C1=O. The average molecular weight is 1110 g/mol. The molecule has 10 aliphatic carbocycles. The number of allylic oxidation sites excluding steroid dienone is 8. The molecule has 13 heteroatoms. The number of amides is 2. The molecule has 0 bridgehead atoms. The molecule has 6 fully saturated rings. The van der Waals surface area contributed by atoms with E-state index >= 15 is 0 Å². The van der Waals surface area contributed by atoms with Gasteiger partial charge in [0.15, 0.2) is 23.1 Å². The summed E-state index contributed by atoms with van der Waals surface area (Å²) in [6.45, 7) is 46.6. The van der Waals surface area contributed by atoms with Gasteiger partial charge in [0, 0.05) is 40.0 Å². The lowest BCUT2D eigenvalue weighted by molar-refractivity contribution is -0.181. The molecule has 2 amide bonds. The Kier molecular flexibility index (Phi) is 14.5. The zero-order chi connectivity index (χ0) is 58.7. The van der Waals surface area contributed by atoms with Crippen LogP contribution in [0.1, 0.15) is 201 Å². The van der Waals surface area contributed by atoms with Crippen molar-refractivity contribution in [1.29, 1.82) is 0 Å². The van der Waals surface area contributed by atoms with E-state index in [4.69, 9.17) is 13.1 Å². The summed E-state index contributed by atoms with van der Waals surface area (Å²) in [5.74, 6) is -1.62. The number of ketones is 4. The Bertz CT molecular complexity index is 2930. The maximum absolute atomic E-state index is 14.5. The van der Waals surface area contributed by atoms with Crippen LogP contribution in [-0.2, 0) is 28.8 Å². The Morgan fingerprint density at radius 2 is 0.912 bits per heavy atom. The molecule has 6 saturated carbocycles. The van der Waals surface area contributed by atoms with Gasteiger partial charge in [0.1, 0.15) is 6.54 Å². The topological polar surface area (TPSA) is 135 Å². The van der Waals surface area contributed by atoms with Crippen LogP contribution >= 0.6 is 0 Å². The minimum absolute atomic E-state index is 0. The van der Waals surface area contributed by atoms with Crippen LogP contribution in [0.15, 0.2) is 46.8 Å². The Balaban J connectivity index is 0.000000208. The van der Waals surface area contributed by atoms with Gasteiger partial charge in [-0.15, -0.1) is 0 Å². The van der Waals surface area contributed by atoms with E-state index in [9.17, 15) is 41.9 Å². The molecule has 10 nitrogen and oxygen atoms in total. The highest BCUT2D eigenvalue weighted by atomic mass is 19.4. The van der Waals surface area contributed by atoms with Gasteiger partial charge in [-0.1, -0.05) is 128 Å². The second-order valence-corrected chi connectivity index (χ2v) is 30.9. The number of hydrogen-bond donors (Lipinski definition) is 2. The fourth-order valence-electron chi connectivity index (χ4n) is 20.7. The van der Waals surface area contributed by atoms with E-state index in [1.54, 1.807) is 12.2 Å². The molecular weight excluding hydrogens is 1010 g/mol. The van der Waals surface area contributed by atoms with E-state index in [1.807, 2.05) is 46.8 Å². The summed E-state index contributed by atoms with van der Waals surface area (Å²) in [7, 11) is 0. The van der Waals surface area contributed by atoms with Gasteiger partial charge in [-0.05, 0) is 165 Å². The molecule has 10 rings (SSSR count). The number of halogens is 3. The molecule has 0 radical (unpaired) electrons. The van der Waals surface area contributed by atoms with E-state index in [1.165, 1.54) is 0 Å². The van der Waals surface area contributed by atoms with Crippen LogP contribution in [-0.4, -0.2) is 54.2 Å². The summed E-state index contributed by atoms with van der Waals surface area (Å²) in [4.78, 5) is 90.0. The number of fused-ring (bicyclic) bond motifs is 14. The van der Waals surface area contributed by atoms with Crippen molar-refractivity contribution in [1.82, 2.24) is 10.6 Å². The van der Waals surface area contributed by atoms with E-state index in [-0.39, 0.29) is 99.1 Å². The van der Waals surface area contributed by atoms with Gasteiger partial charge in [-0.3, -0.25) is 19.2 Å². The molecule has 14 atom stereocenters. The second kappa shape index (κ2) is 18.9. The largest absolute Gasteiger partial charge is 0.405 e. The van der Waals surface area contributed by atoms with Crippen LogP contribution in [0.4, 0.5) is 13.2 Å². The maximum atomic E-state index is 14.5. The third-order valence-electron chi connectivity index (χ3n) is 25.4. The van der Waals surface area contributed by atoms with Gasteiger partial charge in [0.05, 0.1) is 24.0 Å². The summed E-state index contributed by atoms with van der Waals surface area (Å²) in [6, 6.07) is 0. The first-order valence-electron chi connectivity index (χ1n) is 29.7. The molecule has 0 saturated heterocycles. The van der Waals surface area contributed by atoms with Gasteiger partial charge >= 0.3 is 6.18 Å². The van der Waals surface area contributed by atoms with Crippen molar-refractivity contribution in [3.8, 4) is 0 Å². The number of alkyl halides is 3. The summed E-state index contributed by atoms with van der Waals surface area (Å²) in [5.41, 5.74) is -3.19. The molecule has 0 spiro atoms. The zero-order valence-corrected chi connectivity index (χ0v) is 50.1. The van der Waals surface area contributed by atoms with Crippen LogP contribution in [0.2, 0.25) is 0 Å². The molecule has 0 unspecified atom stereocenters. The molecule has 438 valence electrons. The first kappa shape index (κ1) is 61.4. The van der Waals surface area contributed by atoms with Crippen molar-refractivity contribution in [3.05, 3.63) is 69.7 Å². The van der Waals surface area contributed by atoms with Gasteiger partial charge in [0.2, 0.25) is 23.2 Å². The highest BCUT2D eigenvalue weighted by Gasteiger charge is 2.73.